The molecule has 0 spiro atoms. The van der Waals surface area contributed by atoms with Crippen LogP contribution in [0.1, 0.15) is 13.8 Å². The monoisotopic (exact) mass is 241 g/mol. The molecule has 0 aliphatic heterocycles. The first-order chi connectivity index (χ1) is 7.84. The van der Waals surface area contributed by atoms with Gasteiger partial charge in [0.1, 0.15) is 13.2 Å². The van der Waals surface area contributed by atoms with E-state index in [0.29, 0.717) is 0 Å². The molecule has 0 saturated heterocycles. The summed E-state index contributed by atoms with van der Waals surface area (Å²) in [5.74, 6) is -1.18. The Morgan fingerprint density at radius 2 is 1.53 bits per heavy atom. The number of imide groups is 1. The number of carbonyl (C=O) groups excluding carboxylic acids is 3. The van der Waals surface area contributed by atoms with Gasteiger partial charge >= 0.3 is 12.1 Å². The molecule has 0 aromatic rings. The van der Waals surface area contributed by atoms with Crippen molar-refractivity contribution in [1.29, 1.82) is 0 Å². The molecule has 0 unspecified atom stereocenters. The first-order valence-corrected chi connectivity index (χ1v) is 4.81. The molecule has 0 radical (unpaired) electrons. The second-order valence-corrected chi connectivity index (χ2v) is 3.29. The largest absolute Gasteiger partial charge is 0.459 e. The predicted molar refractivity (Wildman–Crippen MR) is 60.1 cm³/mol. The van der Waals surface area contributed by atoms with E-state index in [-0.39, 0.29) is 24.4 Å². The van der Waals surface area contributed by atoms with Gasteiger partial charge in [-0.05, 0) is 13.8 Å². The lowest BCUT2D eigenvalue weighted by atomic mass is 10.3. The quantitative estimate of drug-likeness (QED) is 0.440. The lowest BCUT2D eigenvalue weighted by Crippen LogP contribution is -2.32. The van der Waals surface area contributed by atoms with E-state index < -0.39 is 18.0 Å². The van der Waals surface area contributed by atoms with Crippen LogP contribution >= 0.6 is 0 Å². The van der Waals surface area contributed by atoms with E-state index in [4.69, 9.17) is 0 Å². The van der Waals surface area contributed by atoms with Crippen molar-refractivity contribution in [2.45, 2.75) is 13.8 Å². The van der Waals surface area contributed by atoms with Gasteiger partial charge in [0, 0.05) is 11.1 Å². The molecular weight excluding hydrogens is 226 g/mol. The average Bonchev–Trinajstić information content (AvgIpc) is 2.23. The highest BCUT2D eigenvalue weighted by atomic mass is 16.6. The van der Waals surface area contributed by atoms with Gasteiger partial charge in [-0.2, -0.15) is 0 Å². The SMILES string of the molecule is C=C(C)C(=O)NC(=O)OCCOC(=O)C(=C)C. The molecule has 6 heteroatoms. The second-order valence-electron chi connectivity index (χ2n) is 3.29. The van der Waals surface area contributed by atoms with Crippen LogP contribution < -0.4 is 5.32 Å². The summed E-state index contributed by atoms with van der Waals surface area (Å²) in [6, 6.07) is 0. The molecule has 0 saturated carbocycles. The van der Waals surface area contributed by atoms with Gasteiger partial charge in [0.2, 0.25) is 0 Å². The number of alkyl carbamates (subject to hydrolysis) is 1. The second kappa shape index (κ2) is 7.21. The average molecular weight is 241 g/mol. The van der Waals surface area contributed by atoms with E-state index >= 15 is 0 Å². The van der Waals surface area contributed by atoms with E-state index in [1.54, 1.807) is 0 Å². The lowest BCUT2D eigenvalue weighted by Gasteiger charge is -2.06. The normalized spacial score (nSPS) is 9.06. The summed E-state index contributed by atoms with van der Waals surface area (Å²) in [6.45, 7) is 9.44. The molecule has 0 aliphatic rings. The predicted octanol–water partition coefficient (Wildman–Crippen LogP) is 0.935. The zero-order valence-corrected chi connectivity index (χ0v) is 9.87. The third kappa shape index (κ3) is 6.88. The van der Waals surface area contributed by atoms with E-state index in [2.05, 4.69) is 22.6 Å². The summed E-state index contributed by atoms with van der Waals surface area (Å²) >= 11 is 0. The standard InChI is InChI=1S/C11H15NO5/c1-7(2)9(13)12-11(15)17-6-5-16-10(14)8(3)4/h1,3,5-6H2,2,4H3,(H,12,13,15). The molecule has 0 aromatic heterocycles. The molecule has 94 valence electrons. The molecule has 0 heterocycles. The van der Waals surface area contributed by atoms with E-state index in [1.807, 2.05) is 5.32 Å². The topological polar surface area (TPSA) is 81.7 Å². The molecule has 2 amide bonds. The van der Waals surface area contributed by atoms with Crippen LogP contribution in [0.5, 0.6) is 0 Å². The fourth-order valence-corrected chi connectivity index (χ4v) is 0.627. The molecule has 0 rings (SSSR count). The van der Waals surface area contributed by atoms with E-state index in [9.17, 15) is 14.4 Å². The van der Waals surface area contributed by atoms with Crippen LogP contribution in [-0.2, 0) is 19.1 Å². The Labute approximate surface area is 99.3 Å². The molecule has 0 fully saturated rings. The number of carbonyl (C=O) groups is 3. The highest BCUT2D eigenvalue weighted by Crippen LogP contribution is 1.92. The van der Waals surface area contributed by atoms with Crippen LogP contribution in [-0.4, -0.2) is 31.2 Å². The molecule has 0 aliphatic carbocycles. The molecule has 6 nitrogen and oxygen atoms in total. The molecule has 0 bridgehead atoms. The van der Waals surface area contributed by atoms with Crippen LogP contribution in [0.25, 0.3) is 0 Å². The minimum Gasteiger partial charge on any atom is -0.459 e. The van der Waals surface area contributed by atoms with Crippen molar-refractivity contribution < 1.29 is 23.9 Å². The minimum atomic E-state index is -0.913. The minimum absolute atomic E-state index is 0.0968. The van der Waals surface area contributed by atoms with Crippen molar-refractivity contribution in [2.24, 2.45) is 0 Å². The lowest BCUT2D eigenvalue weighted by molar-refractivity contribution is -0.140. The van der Waals surface area contributed by atoms with E-state index in [1.165, 1.54) is 13.8 Å². The van der Waals surface area contributed by atoms with Gasteiger partial charge in [-0.3, -0.25) is 10.1 Å². The summed E-state index contributed by atoms with van der Waals surface area (Å²) in [6.07, 6.45) is -0.913. The van der Waals surface area contributed by atoms with Crippen LogP contribution in [0.3, 0.4) is 0 Å². The molecule has 0 aromatic carbocycles. The van der Waals surface area contributed by atoms with Gasteiger partial charge in [0.25, 0.3) is 5.91 Å². The number of rotatable bonds is 5. The summed E-state index contributed by atoms with van der Waals surface area (Å²) in [7, 11) is 0. The Kier molecular flexibility index (Phi) is 6.32. The zero-order chi connectivity index (χ0) is 13.4. The number of hydrogen-bond donors (Lipinski definition) is 1. The van der Waals surface area contributed by atoms with Crippen LogP contribution in [0.15, 0.2) is 24.3 Å². The zero-order valence-electron chi connectivity index (χ0n) is 9.87. The maximum absolute atomic E-state index is 11.0. The highest BCUT2D eigenvalue weighted by Gasteiger charge is 2.09. The van der Waals surface area contributed by atoms with Crippen molar-refractivity contribution in [1.82, 2.24) is 5.32 Å². The van der Waals surface area contributed by atoms with Gasteiger partial charge in [0.05, 0.1) is 0 Å². The van der Waals surface area contributed by atoms with Crippen LogP contribution in [0.2, 0.25) is 0 Å². The van der Waals surface area contributed by atoms with Gasteiger partial charge in [-0.25, -0.2) is 9.59 Å². The van der Waals surface area contributed by atoms with Gasteiger partial charge in [0.15, 0.2) is 0 Å². The van der Waals surface area contributed by atoms with Gasteiger partial charge in [-0.1, -0.05) is 13.2 Å². The molecular formula is C11H15NO5. The van der Waals surface area contributed by atoms with Gasteiger partial charge < -0.3 is 9.47 Å². The Morgan fingerprint density at radius 1 is 1.00 bits per heavy atom. The van der Waals surface area contributed by atoms with Crippen molar-refractivity contribution in [2.75, 3.05) is 13.2 Å². The number of ether oxygens (including phenoxy) is 2. The third-order valence-corrected chi connectivity index (χ3v) is 1.50. The number of nitrogens with one attached hydrogen (secondary N) is 1. The number of hydrogen-bond acceptors (Lipinski definition) is 5. The summed E-state index contributed by atoms with van der Waals surface area (Å²) < 4.78 is 9.23. The first-order valence-electron chi connectivity index (χ1n) is 4.81. The Bertz CT molecular complexity index is 359. The molecule has 1 N–H and O–H groups in total. The van der Waals surface area contributed by atoms with E-state index in [0.717, 1.165) is 0 Å². The van der Waals surface area contributed by atoms with Crippen molar-refractivity contribution in [3.05, 3.63) is 24.3 Å². The fourth-order valence-electron chi connectivity index (χ4n) is 0.627. The summed E-state index contributed by atoms with van der Waals surface area (Å²) in [4.78, 5) is 32.9. The van der Waals surface area contributed by atoms with Gasteiger partial charge in [-0.15, -0.1) is 0 Å². The highest BCUT2D eigenvalue weighted by molar-refractivity contribution is 6.01. The van der Waals surface area contributed by atoms with Crippen LogP contribution in [0, 0.1) is 0 Å². The van der Waals surface area contributed by atoms with Crippen molar-refractivity contribution in [3.8, 4) is 0 Å². The summed E-state index contributed by atoms with van der Waals surface area (Å²) in [5, 5.41) is 1.93. The molecule has 0 atom stereocenters. The number of amides is 2. The van der Waals surface area contributed by atoms with Crippen LogP contribution in [0.4, 0.5) is 4.79 Å². The Morgan fingerprint density at radius 3 is 2.00 bits per heavy atom. The fraction of sp³-hybridized carbons (Fsp3) is 0.364. The summed E-state index contributed by atoms with van der Waals surface area (Å²) in [5.41, 5.74) is 0.447. The number of esters is 1. The third-order valence-electron chi connectivity index (χ3n) is 1.50. The Balaban J connectivity index is 3.73. The maximum atomic E-state index is 11.0. The van der Waals surface area contributed by atoms with Crippen molar-refractivity contribution >= 4 is 18.0 Å². The Hall–Kier alpha value is -2.11. The first kappa shape index (κ1) is 14.9. The van der Waals surface area contributed by atoms with Crippen molar-refractivity contribution in [3.63, 3.8) is 0 Å². The molecule has 17 heavy (non-hydrogen) atoms. The smallest absolute Gasteiger partial charge is 0.414 e. The maximum Gasteiger partial charge on any atom is 0.414 e.